The Hall–Kier alpha value is -3.23. The van der Waals surface area contributed by atoms with Crippen LogP contribution < -0.4 is 9.47 Å². The molecular weight excluding hydrogens is 404 g/mol. The highest BCUT2D eigenvalue weighted by atomic mass is 16.5. The van der Waals surface area contributed by atoms with Crippen LogP contribution in [0.5, 0.6) is 11.5 Å². The van der Waals surface area contributed by atoms with Crippen molar-refractivity contribution < 1.29 is 9.47 Å². The molecular formula is C24H28N6O2. The van der Waals surface area contributed by atoms with Crippen molar-refractivity contribution in [3.8, 4) is 22.9 Å². The maximum Gasteiger partial charge on any atom is 0.171 e. The fourth-order valence-electron chi connectivity index (χ4n) is 4.14. The van der Waals surface area contributed by atoms with Gasteiger partial charge in [0.2, 0.25) is 0 Å². The third kappa shape index (κ3) is 4.11. The summed E-state index contributed by atoms with van der Waals surface area (Å²) < 4.78 is 13.6. The summed E-state index contributed by atoms with van der Waals surface area (Å²) >= 11 is 0. The summed E-state index contributed by atoms with van der Waals surface area (Å²) in [5.41, 5.74) is 2.54. The molecule has 0 unspecified atom stereocenters. The monoisotopic (exact) mass is 432 g/mol. The van der Waals surface area contributed by atoms with Crippen LogP contribution in [0.4, 0.5) is 0 Å². The first-order chi connectivity index (χ1) is 15.7. The Balaban J connectivity index is 1.35. The van der Waals surface area contributed by atoms with Crippen molar-refractivity contribution in [1.82, 2.24) is 29.4 Å². The standard InChI is InChI=1S/C24H28N6O2/c1-28-10-12-29(13-11-28)9-6-14-32-22-16-20-19(15-21(22)31-2)24-27-26-23(30(24)17-25-20)18-7-4-3-5-8-18/h3-5,7-8,15-17H,6,9-14H2,1-2H3. The molecule has 1 aliphatic heterocycles. The Morgan fingerprint density at radius 1 is 0.969 bits per heavy atom. The minimum atomic E-state index is 0.638. The van der Waals surface area contributed by atoms with Gasteiger partial charge in [-0.2, -0.15) is 0 Å². The molecule has 0 bridgehead atoms. The largest absolute Gasteiger partial charge is 0.493 e. The number of fused-ring (bicyclic) bond motifs is 3. The van der Waals surface area contributed by atoms with Crippen LogP contribution >= 0.6 is 0 Å². The molecule has 0 aliphatic carbocycles. The van der Waals surface area contributed by atoms with E-state index in [4.69, 9.17) is 9.47 Å². The van der Waals surface area contributed by atoms with E-state index in [1.165, 1.54) is 0 Å². The number of methoxy groups -OCH3 is 1. The summed E-state index contributed by atoms with van der Waals surface area (Å²) in [5.74, 6) is 2.15. The number of ether oxygens (including phenoxy) is 2. The predicted molar refractivity (Wildman–Crippen MR) is 124 cm³/mol. The normalized spacial score (nSPS) is 15.4. The van der Waals surface area contributed by atoms with Crippen molar-refractivity contribution in [3.63, 3.8) is 0 Å². The summed E-state index contributed by atoms with van der Waals surface area (Å²) in [5, 5.41) is 9.70. The van der Waals surface area contributed by atoms with Gasteiger partial charge in [0, 0.05) is 49.7 Å². The summed E-state index contributed by atoms with van der Waals surface area (Å²) in [6, 6.07) is 13.9. The average Bonchev–Trinajstić information content (AvgIpc) is 3.27. The zero-order valence-corrected chi connectivity index (χ0v) is 18.6. The molecule has 1 saturated heterocycles. The average molecular weight is 433 g/mol. The number of piperazine rings is 1. The van der Waals surface area contributed by atoms with Gasteiger partial charge in [-0.15, -0.1) is 10.2 Å². The van der Waals surface area contributed by atoms with Crippen LogP contribution in [0.25, 0.3) is 27.9 Å². The fraction of sp³-hybridized carbons (Fsp3) is 0.375. The minimum absolute atomic E-state index is 0.638. The molecule has 8 nitrogen and oxygen atoms in total. The van der Waals surface area contributed by atoms with Crippen LogP contribution in [0, 0.1) is 0 Å². The van der Waals surface area contributed by atoms with Crippen molar-refractivity contribution in [3.05, 3.63) is 48.8 Å². The Kier molecular flexibility index (Phi) is 5.87. The first kappa shape index (κ1) is 20.7. The first-order valence-electron chi connectivity index (χ1n) is 11.0. The van der Waals surface area contributed by atoms with Crippen LogP contribution in [0.15, 0.2) is 48.8 Å². The number of hydrogen-bond donors (Lipinski definition) is 0. The van der Waals surface area contributed by atoms with Crippen LogP contribution in [0.1, 0.15) is 6.42 Å². The van der Waals surface area contributed by atoms with Gasteiger partial charge in [0.15, 0.2) is 23.0 Å². The number of hydrogen-bond acceptors (Lipinski definition) is 7. The highest BCUT2D eigenvalue weighted by molar-refractivity contribution is 5.94. The van der Waals surface area contributed by atoms with Crippen LogP contribution in [-0.4, -0.2) is 82.9 Å². The predicted octanol–water partition coefficient (Wildman–Crippen LogP) is 2.97. The Morgan fingerprint density at radius 2 is 1.78 bits per heavy atom. The molecule has 1 aliphatic rings. The molecule has 0 spiro atoms. The number of rotatable bonds is 7. The van der Waals surface area contributed by atoms with Crippen LogP contribution in [0.3, 0.4) is 0 Å². The Labute approximate surface area is 187 Å². The molecule has 32 heavy (non-hydrogen) atoms. The molecule has 0 radical (unpaired) electrons. The third-order valence-electron chi connectivity index (χ3n) is 6.04. The first-order valence-corrected chi connectivity index (χ1v) is 11.0. The van der Waals surface area contributed by atoms with E-state index in [9.17, 15) is 0 Å². The van der Waals surface area contributed by atoms with E-state index in [0.717, 1.165) is 67.1 Å². The van der Waals surface area contributed by atoms with E-state index >= 15 is 0 Å². The molecule has 8 heteroatoms. The Morgan fingerprint density at radius 3 is 2.56 bits per heavy atom. The summed E-state index contributed by atoms with van der Waals surface area (Å²) in [4.78, 5) is 9.51. The van der Waals surface area contributed by atoms with E-state index in [2.05, 4.69) is 32.0 Å². The van der Waals surface area contributed by atoms with Gasteiger partial charge in [-0.05, 0) is 19.5 Å². The lowest BCUT2D eigenvalue weighted by molar-refractivity contribution is 0.145. The highest BCUT2D eigenvalue weighted by Gasteiger charge is 2.16. The molecule has 0 saturated carbocycles. The number of benzene rings is 2. The lowest BCUT2D eigenvalue weighted by Crippen LogP contribution is -2.44. The molecule has 4 aromatic rings. The number of nitrogens with zero attached hydrogens (tertiary/aromatic N) is 6. The molecule has 2 aromatic carbocycles. The quantitative estimate of drug-likeness (QED) is 0.416. The van der Waals surface area contributed by atoms with Crippen LogP contribution in [-0.2, 0) is 0 Å². The van der Waals surface area contributed by atoms with Gasteiger partial charge in [0.25, 0.3) is 0 Å². The van der Waals surface area contributed by atoms with Crippen molar-refractivity contribution in [2.24, 2.45) is 0 Å². The smallest absolute Gasteiger partial charge is 0.171 e. The Bertz CT molecular complexity index is 1200. The second kappa shape index (κ2) is 9.10. The molecule has 166 valence electrons. The van der Waals surface area contributed by atoms with Crippen molar-refractivity contribution in [2.45, 2.75) is 6.42 Å². The van der Waals surface area contributed by atoms with E-state index in [-0.39, 0.29) is 0 Å². The maximum atomic E-state index is 6.09. The third-order valence-corrected chi connectivity index (χ3v) is 6.04. The zero-order valence-electron chi connectivity index (χ0n) is 18.6. The van der Waals surface area contributed by atoms with Crippen molar-refractivity contribution in [1.29, 1.82) is 0 Å². The molecule has 0 N–H and O–H groups in total. The van der Waals surface area contributed by atoms with Gasteiger partial charge in [0.05, 0.1) is 19.2 Å². The SMILES string of the molecule is COc1cc2c(cc1OCCCN1CCN(C)CC1)ncn1c(-c3ccccc3)nnc21. The topological polar surface area (TPSA) is 68.0 Å². The molecule has 3 heterocycles. The zero-order chi connectivity index (χ0) is 21.9. The molecule has 5 rings (SSSR count). The number of likely N-dealkylation sites (N-methyl/N-ethyl adjacent to an activating group) is 1. The van der Waals surface area contributed by atoms with E-state index < -0.39 is 0 Å². The van der Waals surface area contributed by atoms with E-state index in [1.807, 2.05) is 46.9 Å². The second-order valence-corrected chi connectivity index (χ2v) is 8.19. The summed E-state index contributed by atoms with van der Waals surface area (Å²) in [6.45, 7) is 6.20. The lowest BCUT2D eigenvalue weighted by atomic mass is 10.2. The van der Waals surface area contributed by atoms with Crippen LogP contribution in [0.2, 0.25) is 0 Å². The van der Waals surface area contributed by atoms with Gasteiger partial charge in [0.1, 0.15) is 6.33 Å². The summed E-state index contributed by atoms with van der Waals surface area (Å²) in [6.07, 6.45) is 2.74. The second-order valence-electron chi connectivity index (χ2n) is 8.19. The minimum Gasteiger partial charge on any atom is -0.493 e. The lowest BCUT2D eigenvalue weighted by Gasteiger charge is -2.32. The van der Waals surface area contributed by atoms with Crippen molar-refractivity contribution in [2.75, 3.05) is 53.5 Å². The van der Waals surface area contributed by atoms with Gasteiger partial charge in [-0.3, -0.25) is 4.40 Å². The molecule has 0 atom stereocenters. The van der Waals surface area contributed by atoms with Gasteiger partial charge < -0.3 is 19.3 Å². The van der Waals surface area contributed by atoms with E-state index in [1.54, 1.807) is 13.4 Å². The number of aromatic nitrogens is 4. The van der Waals surface area contributed by atoms with Crippen molar-refractivity contribution >= 4 is 16.6 Å². The highest BCUT2D eigenvalue weighted by Crippen LogP contribution is 2.33. The van der Waals surface area contributed by atoms with E-state index in [0.29, 0.717) is 18.1 Å². The molecule has 1 fully saturated rings. The maximum absolute atomic E-state index is 6.09. The van der Waals surface area contributed by atoms with Gasteiger partial charge >= 0.3 is 0 Å². The molecule has 2 aromatic heterocycles. The van der Waals surface area contributed by atoms with Gasteiger partial charge in [-0.1, -0.05) is 30.3 Å². The van der Waals surface area contributed by atoms with Gasteiger partial charge in [-0.25, -0.2) is 4.98 Å². The summed E-state index contributed by atoms with van der Waals surface area (Å²) in [7, 11) is 3.83. The molecule has 0 amide bonds. The fourth-order valence-corrected chi connectivity index (χ4v) is 4.14.